The van der Waals surface area contributed by atoms with E-state index in [4.69, 9.17) is 5.11 Å². The monoisotopic (exact) mass is 419 g/mol. The Hall–Kier alpha value is -2.72. The van der Waals surface area contributed by atoms with Crippen LogP contribution in [-0.4, -0.2) is 51.6 Å². The molecule has 1 saturated heterocycles. The molecule has 2 N–H and O–H groups in total. The van der Waals surface area contributed by atoms with Crippen LogP contribution in [0.5, 0.6) is 0 Å². The van der Waals surface area contributed by atoms with Crippen molar-refractivity contribution >= 4 is 11.9 Å². The number of nitrogens with zero attached hydrogens (tertiary/aromatic N) is 1. The first-order valence-corrected chi connectivity index (χ1v) is 10.1. The van der Waals surface area contributed by atoms with Crippen LogP contribution in [0.25, 0.3) is 0 Å². The van der Waals surface area contributed by atoms with E-state index in [2.05, 4.69) is 11.8 Å². The number of halogens is 2. The van der Waals surface area contributed by atoms with E-state index in [0.717, 1.165) is 23.3 Å². The van der Waals surface area contributed by atoms with Crippen molar-refractivity contribution in [3.8, 4) is 11.8 Å². The number of hydrogen-bond donors (Lipinski definition) is 2. The fourth-order valence-electron chi connectivity index (χ4n) is 3.20. The van der Waals surface area contributed by atoms with Crippen LogP contribution in [0.1, 0.15) is 54.9 Å². The number of aliphatic hydroxyl groups excluding tert-OH is 1. The van der Waals surface area contributed by atoms with Crippen molar-refractivity contribution in [2.24, 2.45) is 0 Å². The van der Waals surface area contributed by atoms with Gasteiger partial charge in [0.1, 0.15) is 0 Å². The highest BCUT2D eigenvalue weighted by atomic mass is 19.3. The molecule has 7 heteroatoms. The molecule has 1 fully saturated rings. The van der Waals surface area contributed by atoms with Crippen LogP contribution in [0.4, 0.5) is 8.78 Å². The zero-order valence-corrected chi connectivity index (χ0v) is 17.0. The lowest BCUT2D eigenvalue weighted by Crippen LogP contribution is -2.37. The molecule has 2 rings (SSSR count). The van der Waals surface area contributed by atoms with Gasteiger partial charge in [0.15, 0.2) is 0 Å². The molecule has 1 aliphatic heterocycles. The summed E-state index contributed by atoms with van der Waals surface area (Å²) in [5, 5.41) is 19.0. The van der Waals surface area contributed by atoms with Crippen molar-refractivity contribution < 1.29 is 28.6 Å². The van der Waals surface area contributed by atoms with Gasteiger partial charge in [0, 0.05) is 25.8 Å². The lowest BCUT2D eigenvalue weighted by molar-refractivity contribution is -0.148. The van der Waals surface area contributed by atoms with E-state index in [1.54, 1.807) is 12.1 Å². The third-order valence-electron chi connectivity index (χ3n) is 4.90. The first-order chi connectivity index (χ1) is 14.2. The van der Waals surface area contributed by atoms with Crippen LogP contribution in [-0.2, 0) is 11.2 Å². The smallest absolute Gasteiger partial charge is 0.335 e. The predicted molar refractivity (Wildman–Crippen MR) is 109 cm³/mol. The molecule has 162 valence electrons. The van der Waals surface area contributed by atoms with Crippen LogP contribution in [0.2, 0.25) is 0 Å². The fraction of sp³-hybridized carbons (Fsp3) is 0.478. The van der Waals surface area contributed by atoms with Crippen molar-refractivity contribution in [3.05, 3.63) is 47.5 Å². The number of alkyl halides is 2. The molecule has 0 bridgehead atoms. The summed E-state index contributed by atoms with van der Waals surface area (Å²) in [5.74, 6) is 0.242. The first kappa shape index (κ1) is 23.6. The van der Waals surface area contributed by atoms with Gasteiger partial charge in [0.2, 0.25) is 0 Å². The Balaban J connectivity index is 1.97. The van der Waals surface area contributed by atoms with Crippen LogP contribution in [0, 0.1) is 11.8 Å². The second-order valence-corrected chi connectivity index (χ2v) is 7.32. The molecule has 0 aromatic heterocycles. The number of aromatic carboxylic acids is 1. The average Bonchev–Trinajstić information content (AvgIpc) is 2.93. The Morgan fingerprint density at radius 2 is 1.97 bits per heavy atom. The fourth-order valence-corrected chi connectivity index (χ4v) is 3.20. The highest BCUT2D eigenvalue weighted by Crippen LogP contribution is 2.34. The number of unbranched alkanes of at least 4 members (excludes halogenated alkanes) is 1. The Morgan fingerprint density at radius 3 is 2.60 bits per heavy atom. The average molecular weight is 419 g/mol. The van der Waals surface area contributed by atoms with E-state index in [9.17, 15) is 23.5 Å². The highest BCUT2D eigenvalue weighted by Gasteiger charge is 2.52. The summed E-state index contributed by atoms with van der Waals surface area (Å²) in [6.07, 6.45) is 4.51. The van der Waals surface area contributed by atoms with Gasteiger partial charge in [0.05, 0.1) is 17.7 Å². The normalized spacial score (nSPS) is 19.0. The van der Waals surface area contributed by atoms with Gasteiger partial charge in [-0.15, -0.1) is 11.8 Å². The molecule has 1 amide bonds. The zero-order chi connectivity index (χ0) is 22.1. The lowest BCUT2D eigenvalue weighted by Gasteiger charge is -2.22. The number of amides is 1. The third kappa shape index (κ3) is 6.67. The lowest BCUT2D eigenvalue weighted by atomic mass is 10.1. The van der Waals surface area contributed by atoms with E-state index in [1.807, 2.05) is 6.92 Å². The van der Waals surface area contributed by atoms with Gasteiger partial charge >= 0.3 is 11.9 Å². The van der Waals surface area contributed by atoms with Crippen molar-refractivity contribution in [1.82, 2.24) is 4.90 Å². The number of benzene rings is 1. The summed E-state index contributed by atoms with van der Waals surface area (Å²) in [7, 11) is 0. The molecule has 1 aliphatic rings. The van der Waals surface area contributed by atoms with Crippen molar-refractivity contribution in [2.45, 2.75) is 63.5 Å². The summed E-state index contributed by atoms with van der Waals surface area (Å²) < 4.78 is 28.0. The number of carboxylic acids is 1. The highest BCUT2D eigenvalue weighted by molar-refractivity contribution is 5.87. The van der Waals surface area contributed by atoms with Gasteiger partial charge in [-0.05, 0) is 37.0 Å². The van der Waals surface area contributed by atoms with Gasteiger partial charge in [-0.2, -0.15) is 8.78 Å². The SMILES string of the molecule is CCCC#CCC[C@H](O)/C=C/[C@H]1CC(F)(F)C(=O)N1CCc1ccc(C(=O)O)cc1. The molecule has 1 aromatic carbocycles. The van der Waals surface area contributed by atoms with E-state index in [1.165, 1.54) is 24.3 Å². The molecule has 30 heavy (non-hydrogen) atoms. The molecule has 0 aliphatic carbocycles. The second kappa shape index (κ2) is 10.9. The van der Waals surface area contributed by atoms with Crippen LogP contribution < -0.4 is 0 Å². The standard InChI is InChI=1S/C23H27F2NO4/c1-2-3-4-5-6-7-20(27)13-12-19-16-23(24,25)22(30)26(19)15-14-17-8-10-18(11-9-17)21(28)29/h8-13,19-20,27H,2-3,6-7,14-16H2,1H3,(H,28,29)/b13-12+/t19-,20-/m0/s1. The summed E-state index contributed by atoms with van der Waals surface area (Å²) in [5.41, 5.74) is 0.883. The number of carbonyl (C=O) groups excluding carboxylic acids is 1. The van der Waals surface area contributed by atoms with Gasteiger partial charge in [-0.25, -0.2) is 4.79 Å². The molecule has 1 heterocycles. The maximum atomic E-state index is 14.0. The van der Waals surface area contributed by atoms with Crippen molar-refractivity contribution in [3.63, 3.8) is 0 Å². The van der Waals surface area contributed by atoms with Crippen LogP contribution in [0.15, 0.2) is 36.4 Å². The number of carbonyl (C=O) groups is 2. The summed E-state index contributed by atoms with van der Waals surface area (Å²) in [6.45, 7) is 2.11. The number of hydrogen-bond acceptors (Lipinski definition) is 3. The molecule has 1 aromatic rings. The number of aliphatic hydroxyl groups is 1. The van der Waals surface area contributed by atoms with Gasteiger partial charge in [-0.3, -0.25) is 4.79 Å². The predicted octanol–water partition coefficient (Wildman–Crippen LogP) is 3.66. The van der Waals surface area contributed by atoms with Gasteiger partial charge in [0.25, 0.3) is 5.91 Å². The molecule has 5 nitrogen and oxygen atoms in total. The number of likely N-dealkylation sites (tertiary alicyclic amines) is 1. The largest absolute Gasteiger partial charge is 0.478 e. The molecule has 0 spiro atoms. The van der Waals surface area contributed by atoms with Crippen molar-refractivity contribution in [1.29, 1.82) is 0 Å². The number of rotatable bonds is 9. The Bertz CT molecular complexity index is 824. The van der Waals surface area contributed by atoms with Crippen LogP contribution >= 0.6 is 0 Å². The topological polar surface area (TPSA) is 77.8 Å². The maximum Gasteiger partial charge on any atom is 0.335 e. The van der Waals surface area contributed by atoms with E-state index in [0.29, 0.717) is 19.3 Å². The second-order valence-electron chi connectivity index (χ2n) is 7.32. The minimum absolute atomic E-state index is 0.0778. The molecule has 0 unspecified atom stereocenters. The van der Waals surface area contributed by atoms with E-state index >= 15 is 0 Å². The van der Waals surface area contributed by atoms with Gasteiger partial charge < -0.3 is 15.1 Å². The molecule has 0 radical (unpaired) electrons. The first-order valence-electron chi connectivity index (χ1n) is 10.1. The summed E-state index contributed by atoms with van der Waals surface area (Å²) >= 11 is 0. The molecule has 0 saturated carbocycles. The molecular weight excluding hydrogens is 392 g/mol. The summed E-state index contributed by atoms with van der Waals surface area (Å²) in [6, 6.07) is 5.29. The van der Waals surface area contributed by atoms with E-state index < -0.39 is 36.4 Å². The Morgan fingerprint density at radius 1 is 1.30 bits per heavy atom. The maximum absolute atomic E-state index is 14.0. The quantitative estimate of drug-likeness (QED) is 0.473. The van der Waals surface area contributed by atoms with Crippen LogP contribution in [0.3, 0.4) is 0 Å². The molecular formula is C23H27F2NO4. The van der Waals surface area contributed by atoms with E-state index in [-0.39, 0.29) is 12.1 Å². The van der Waals surface area contributed by atoms with Crippen molar-refractivity contribution in [2.75, 3.05) is 6.54 Å². The summed E-state index contributed by atoms with van der Waals surface area (Å²) in [4.78, 5) is 24.1. The molecule has 2 atom stereocenters. The third-order valence-corrected chi connectivity index (χ3v) is 4.90. The Kier molecular flexibility index (Phi) is 8.55. The van der Waals surface area contributed by atoms with Gasteiger partial charge in [-0.1, -0.05) is 31.2 Å². The minimum Gasteiger partial charge on any atom is -0.478 e. The zero-order valence-electron chi connectivity index (χ0n) is 17.0. The minimum atomic E-state index is -3.43. The number of carboxylic acid groups (broad SMARTS) is 1. The Labute approximate surface area is 175 Å².